The number of nitrogens with one attached hydrogen (secondary N) is 2. The fourth-order valence-corrected chi connectivity index (χ4v) is 5.07. The molecule has 0 unspecified atom stereocenters. The van der Waals surface area contributed by atoms with Gasteiger partial charge in [0.2, 0.25) is 0 Å². The minimum Gasteiger partial charge on any atom is -0.477 e. The smallest absolute Gasteiger partial charge is 0.348 e. The molecular weight excluding hydrogens is 494 g/mol. The van der Waals surface area contributed by atoms with Gasteiger partial charge in [-0.05, 0) is 20.3 Å². The van der Waals surface area contributed by atoms with Gasteiger partial charge in [-0.2, -0.15) is 5.26 Å². The standard InChI is InChI=1S/C22H22ClN7O4S/c1-3-34-15-10-30(22-29-18(19(35-22)21(32)33)14-9-25-5-6-26-14)7-4-13(15)28-20(31)17-12(8-24)16(23)11(2)27-17/h5-6,9,13,15,27H,3-4,7,10H2,1-2H3,(H,28,31)(H,32,33)/t13-,15+/m1/s1. The van der Waals surface area contributed by atoms with Crippen LogP contribution in [0, 0.1) is 18.3 Å². The summed E-state index contributed by atoms with van der Waals surface area (Å²) in [4.78, 5) is 42.4. The fourth-order valence-electron chi connectivity index (χ4n) is 3.94. The van der Waals surface area contributed by atoms with Crippen LogP contribution in [-0.2, 0) is 4.74 Å². The van der Waals surface area contributed by atoms with Crippen molar-refractivity contribution in [2.24, 2.45) is 0 Å². The molecule has 1 aliphatic heterocycles. The zero-order valence-electron chi connectivity index (χ0n) is 18.9. The molecule has 1 aliphatic rings. The highest BCUT2D eigenvalue weighted by atomic mass is 35.5. The summed E-state index contributed by atoms with van der Waals surface area (Å²) in [6.45, 7) is 4.87. The summed E-state index contributed by atoms with van der Waals surface area (Å²) >= 11 is 7.19. The summed E-state index contributed by atoms with van der Waals surface area (Å²) in [6, 6.07) is 1.64. The summed E-state index contributed by atoms with van der Waals surface area (Å²) in [7, 11) is 0. The number of carbonyl (C=O) groups excluding carboxylic acids is 1. The number of nitriles is 1. The van der Waals surface area contributed by atoms with Crippen LogP contribution in [0.5, 0.6) is 0 Å². The molecule has 35 heavy (non-hydrogen) atoms. The number of anilines is 1. The number of aromatic carboxylic acids is 1. The van der Waals surface area contributed by atoms with Crippen LogP contribution < -0.4 is 10.2 Å². The highest BCUT2D eigenvalue weighted by Gasteiger charge is 2.34. The Morgan fingerprint density at radius 3 is 2.91 bits per heavy atom. The lowest BCUT2D eigenvalue weighted by molar-refractivity contribution is 0.0272. The highest BCUT2D eigenvalue weighted by molar-refractivity contribution is 7.17. The normalized spacial score (nSPS) is 17.7. The van der Waals surface area contributed by atoms with Crippen LogP contribution in [0.2, 0.25) is 5.02 Å². The van der Waals surface area contributed by atoms with Crippen molar-refractivity contribution in [2.45, 2.75) is 32.4 Å². The Balaban J connectivity index is 1.54. The number of aromatic nitrogens is 4. The number of carboxylic acid groups (broad SMARTS) is 1. The van der Waals surface area contributed by atoms with Crippen LogP contribution in [0.3, 0.4) is 0 Å². The van der Waals surface area contributed by atoms with Gasteiger partial charge in [-0.1, -0.05) is 22.9 Å². The van der Waals surface area contributed by atoms with Gasteiger partial charge in [-0.3, -0.25) is 14.8 Å². The number of carbonyl (C=O) groups is 2. The Morgan fingerprint density at radius 2 is 2.26 bits per heavy atom. The van der Waals surface area contributed by atoms with E-state index in [9.17, 15) is 20.0 Å². The lowest BCUT2D eigenvalue weighted by atomic mass is 10.0. The van der Waals surface area contributed by atoms with Gasteiger partial charge in [0.05, 0.1) is 23.4 Å². The first-order valence-electron chi connectivity index (χ1n) is 10.8. The van der Waals surface area contributed by atoms with Crippen molar-refractivity contribution in [3.8, 4) is 17.5 Å². The number of amides is 1. The molecule has 4 rings (SSSR count). The third kappa shape index (κ3) is 4.97. The second-order valence-electron chi connectivity index (χ2n) is 7.80. The van der Waals surface area contributed by atoms with E-state index in [1.165, 1.54) is 18.6 Å². The molecule has 1 saturated heterocycles. The summed E-state index contributed by atoms with van der Waals surface area (Å²) in [6.07, 6.45) is 4.60. The molecule has 0 radical (unpaired) electrons. The van der Waals surface area contributed by atoms with Gasteiger partial charge in [0.1, 0.15) is 33.6 Å². The van der Waals surface area contributed by atoms with Crippen molar-refractivity contribution in [1.82, 2.24) is 25.3 Å². The topological polar surface area (TPSA) is 157 Å². The monoisotopic (exact) mass is 515 g/mol. The number of nitrogens with zero attached hydrogens (tertiary/aromatic N) is 5. The van der Waals surface area contributed by atoms with Gasteiger partial charge in [0.25, 0.3) is 5.91 Å². The molecule has 0 aromatic carbocycles. The maximum absolute atomic E-state index is 12.9. The summed E-state index contributed by atoms with van der Waals surface area (Å²) in [5.41, 5.74) is 1.41. The summed E-state index contributed by atoms with van der Waals surface area (Å²) in [5, 5.41) is 22.8. The molecule has 3 aromatic rings. The van der Waals surface area contributed by atoms with E-state index in [0.29, 0.717) is 42.6 Å². The van der Waals surface area contributed by atoms with Crippen molar-refractivity contribution in [1.29, 1.82) is 5.26 Å². The van der Waals surface area contributed by atoms with Crippen molar-refractivity contribution in [2.75, 3.05) is 24.6 Å². The minimum absolute atomic E-state index is 0.0758. The Morgan fingerprint density at radius 1 is 1.46 bits per heavy atom. The lowest BCUT2D eigenvalue weighted by Gasteiger charge is -2.38. The lowest BCUT2D eigenvalue weighted by Crippen LogP contribution is -2.55. The fraction of sp³-hybridized carbons (Fsp3) is 0.364. The quantitative estimate of drug-likeness (QED) is 0.430. The largest absolute Gasteiger partial charge is 0.477 e. The molecule has 0 aliphatic carbocycles. The number of hydrogen-bond donors (Lipinski definition) is 3. The van der Waals surface area contributed by atoms with Crippen LogP contribution >= 0.6 is 22.9 Å². The van der Waals surface area contributed by atoms with Crippen molar-refractivity contribution < 1.29 is 19.4 Å². The number of H-pyrrole nitrogens is 1. The maximum atomic E-state index is 12.9. The Labute approximate surface area is 209 Å². The number of ether oxygens (including phenoxy) is 1. The van der Waals surface area contributed by atoms with Crippen LogP contribution in [0.15, 0.2) is 18.6 Å². The van der Waals surface area contributed by atoms with Gasteiger partial charge in [-0.15, -0.1) is 0 Å². The van der Waals surface area contributed by atoms with Gasteiger partial charge >= 0.3 is 5.97 Å². The van der Waals surface area contributed by atoms with E-state index in [0.717, 1.165) is 11.3 Å². The molecule has 0 spiro atoms. The SMILES string of the molecule is CCO[C@H]1CN(c2nc(-c3cnccn3)c(C(=O)O)s2)CC[C@H]1NC(=O)c1[nH]c(C)c(Cl)c1C#N. The van der Waals surface area contributed by atoms with Gasteiger partial charge < -0.3 is 25.0 Å². The van der Waals surface area contributed by atoms with E-state index < -0.39 is 11.9 Å². The minimum atomic E-state index is -1.09. The zero-order valence-corrected chi connectivity index (χ0v) is 20.5. The average Bonchev–Trinajstić information content (AvgIpc) is 3.43. The molecule has 2 atom stereocenters. The molecular formula is C22H22ClN7O4S. The molecule has 3 aromatic heterocycles. The number of thiazole rings is 1. The Hall–Kier alpha value is -3.53. The van der Waals surface area contributed by atoms with Crippen LogP contribution in [0.25, 0.3) is 11.4 Å². The Kier molecular flexibility index (Phi) is 7.30. The molecule has 1 amide bonds. The number of aryl methyl sites for hydroxylation is 1. The Bertz CT molecular complexity index is 1290. The first-order valence-corrected chi connectivity index (χ1v) is 12.0. The second kappa shape index (κ2) is 10.4. The van der Waals surface area contributed by atoms with E-state index in [1.807, 2.05) is 17.9 Å². The maximum Gasteiger partial charge on any atom is 0.348 e. The number of carboxylic acids is 1. The van der Waals surface area contributed by atoms with Gasteiger partial charge in [0.15, 0.2) is 5.13 Å². The van der Waals surface area contributed by atoms with Crippen LogP contribution in [0.4, 0.5) is 5.13 Å². The van der Waals surface area contributed by atoms with E-state index in [4.69, 9.17) is 16.3 Å². The highest BCUT2D eigenvalue weighted by Crippen LogP contribution is 2.34. The third-order valence-electron chi connectivity index (χ3n) is 5.59. The van der Waals surface area contributed by atoms with E-state index in [2.05, 4.69) is 25.3 Å². The van der Waals surface area contributed by atoms with Crippen molar-refractivity contribution in [3.05, 3.63) is 45.4 Å². The second-order valence-corrected chi connectivity index (χ2v) is 9.16. The predicted octanol–water partition coefficient (Wildman–Crippen LogP) is 2.87. The van der Waals surface area contributed by atoms with Gasteiger partial charge in [-0.25, -0.2) is 9.78 Å². The van der Waals surface area contributed by atoms with Crippen molar-refractivity contribution in [3.63, 3.8) is 0 Å². The van der Waals surface area contributed by atoms with Crippen LogP contribution in [0.1, 0.15) is 44.8 Å². The van der Waals surface area contributed by atoms with E-state index in [1.54, 1.807) is 6.92 Å². The number of aromatic amines is 1. The number of halogens is 1. The van der Waals surface area contributed by atoms with Gasteiger partial charge in [0, 0.05) is 37.8 Å². The third-order valence-corrected chi connectivity index (χ3v) is 7.17. The summed E-state index contributed by atoms with van der Waals surface area (Å²) in [5.74, 6) is -1.53. The summed E-state index contributed by atoms with van der Waals surface area (Å²) < 4.78 is 5.92. The molecule has 1 fully saturated rings. The number of rotatable bonds is 7. The molecule has 4 heterocycles. The predicted molar refractivity (Wildman–Crippen MR) is 129 cm³/mol. The number of hydrogen-bond acceptors (Lipinski definition) is 9. The molecule has 11 nitrogen and oxygen atoms in total. The first kappa shape index (κ1) is 24.6. The molecule has 13 heteroatoms. The van der Waals surface area contributed by atoms with E-state index in [-0.39, 0.29) is 39.0 Å². The molecule has 0 bridgehead atoms. The van der Waals surface area contributed by atoms with E-state index >= 15 is 0 Å². The molecule has 3 N–H and O–H groups in total. The molecule has 182 valence electrons. The zero-order chi connectivity index (χ0) is 25.1. The van der Waals surface area contributed by atoms with Crippen LogP contribution in [-0.4, -0.2) is 68.8 Å². The average molecular weight is 516 g/mol. The number of piperidine rings is 1. The van der Waals surface area contributed by atoms with Crippen molar-refractivity contribution >= 4 is 39.9 Å². The molecule has 0 saturated carbocycles. The first-order chi connectivity index (χ1) is 16.8.